The van der Waals surface area contributed by atoms with Crippen molar-refractivity contribution < 1.29 is 14.3 Å². The quantitative estimate of drug-likeness (QED) is 0.638. The number of anilines is 1. The second kappa shape index (κ2) is 9.76. The minimum absolute atomic E-state index is 0.0635. The number of hydrogen-bond acceptors (Lipinski definition) is 5. The Morgan fingerprint density at radius 1 is 0.935 bits per heavy atom. The molecule has 4 rings (SSSR count). The van der Waals surface area contributed by atoms with Crippen LogP contribution in [0.25, 0.3) is 0 Å². The molecule has 0 radical (unpaired) electrons. The second-order valence-corrected chi connectivity index (χ2v) is 8.28. The van der Waals surface area contributed by atoms with E-state index in [4.69, 9.17) is 4.74 Å². The summed E-state index contributed by atoms with van der Waals surface area (Å²) in [5.41, 5.74) is 1.66. The smallest absolute Gasteiger partial charge is 0.264 e. The van der Waals surface area contributed by atoms with E-state index in [1.165, 1.54) is 11.3 Å². The van der Waals surface area contributed by atoms with E-state index in [9.17, 15) is 9.59 Å². The first kappa shape index (κ1) is 21.1. The lowest BCUT2D eigenvalue weighted by molar-refractivity contribution is -0.122. The fraction of sp³-hybridized carbons (Fsp3) is 0.250. The minimum atomic E-state index is -0.428. The van der Waals surface area contributed by atoms with Crippen LogP contribution in [0.2, 0.25) is 0 Å². The third kappa shape index (κ3) is 4.95. The third-order valence-electron chi connectivity index (χ3n) is 5.42. The van der Waals surface area contributed by atoms with Crippen LogP contribution in [0.1, 0.15) is 21.3 Å². The van der Waals surface area contributed by atoms with E-state index in [-0.39, 0.29) is 11.8 Å². The van der Waals surface area contributed by atoms with E-state index in [2.05, 4.69) is 10.2 Å². The number of hydrogen-bond donors (Lipinski definition) is 1. The van der Waals surface area contributed by atoms with Gasteiger partial charge >= 0.3 is 0 Å². The summed E-state index contributed by atoms with van der Waals surface area (Å²) in [6.45, 7) is 2.45. The summed E-state index contributed by atoms with van der Waals surface area (Å²) in [6, 6.07) is 20.4. The van der Waals surface area contributed by atoms with Gasteiger partial charge < -0.3 is 15.0 Å². The number of nitrogens with zero attached hydrogens (tertiary/aromatic N) is 2. The Balaban J connectivity index is 1.48. The highest BCUT2D eigenvalue weighted by Gasteiger charge is 2.32. The number of rotatable bonds is 6. The molecule has 0 aliphatic carbocycles. The summed E-state index contributed by atoms with van der Waals surface area (Å²) in [4.78, 5) is 30.7. The Labute approximate surface area is 186 Å². The van der Waals surface area contributed by atoms with Crippen LogP contribution < -0.4 is 10.1 Å². The van der Waals surface area contributed by atoms with Crippen molar-refractivity contribution in [3.8, 4) is 5.75 Å². The SMILES string of the molecule is COc1ccc(NC(=O)[C@@H](c2ccccc2)N2CCN(C(=O)c3cccs3)CC2)cc1. The minimum Gasteiger partial charge on any atom is -0.497 e. The molecule has 0 unspecified atom stereocenters. The van der Waals surface area contributed by atoms with Crippen LogP contribution in [-0.2, 0) is 4.79 Å². The summed E-state index contributed by atoms with van der Waals surface area (Å²) >= 11 is 1.46. The number of nitrogens with one attached hydrogen (secondary N) is 1. The van der Waals surface area contributed by atoms with Gasteiger partial charge in [-0.25, -0.2) is 0 Å². The van der Waals surface area contributed by atoms with Gasteiger partial charge in [-0.2, -0.15) is 0 Å². The molecular formula is C24H25N3O3S. The van der Waals surface area contributed by atoms with Gasteiger partial charge in [0.1, 0.15) is 11.8 Å². The Bertz CT molecular complexity index is 998. The molecule has 160 valence electrons. The molecule has 1 aromatic heterocycles. The lowest BCUT2D eigenvalue weighted by atomic mass is 10.0. The fourth-order valence-electron chi connectivity index (χ4n) is 3.79. The van der Waals surface area contributed by atoms with Crippen molar-refractivity contribution in [2.45, 2.75) is 6.04 Å². The van der Waals surface area contributed by atoms with Crippen LogP contribution in [0.3, 0.4) is 0 Å². The first-order chi connectivity index (χ1) is 15.2. The third-order valence-corrected chi connectivity index (χ3v) is 6.28. The van der Waals surface area contributed by atoms with E-state index >= 15 is 0 Å². The van der Waals surface area contributed by atoms with Gasteiger partial charge in [0, 0.05) is 31.9 Å². The Hall–Kier alpha value is -3.16. The Kier molecular flexibility index (Phi) is 6.64. The molecule has 0 saturated carbocycles. The van der Waals surface area contributed by atoms with Gasteiger partial charge in [-0.3, -0.25) is 14.5 Å². The predicted octanol–water partition coefficient (Wildman–Crippen LogP) is 3.89. The molecule has 2 amide bonds. The average molecular weight is 436 g/mol. The average Bonchev–Trinajstić information content (AvgIpc) is 3.35. The van der Waals surface area contributed by atoms with Crippen molar-refractivity contribution in [1.82, 2.24) is 9.80 Å². The van der Waals surface area contributed by atoms with Crippen LogP contribution in [0.4, 0.5) is 5.69 Å². The van der Waals surface area contributed by atoms with E-state index in [1.807, 2.05) is 77.0 Å². The molecule has 0 bridgehead atoms. The van der Waals surface area contributed by atoms with Crippen molar-refractivity contribution >= 4 is 28.8 Å². The maximum atomic E-state index is 13.3. The maximum Gasteiger partial charge on any atom is 0.264 e. The molecule has 3 aromatic rings. The highest BCUT2D eigenvalue weighted by atomic mass is 32.1. The van der Waals surface area contributed by atoms with Crippen LogP contribution in [0.15, 0.2) is 72.1 Å². The maximum absolute atomic E-state index is 13.3. The summed E-state index contributed by atoms with van der Waals surface area (Å²) < 4.78 is 5.19. The van der Waals surface area contributed by atoms with E-state index in [1.54, 1.807) is 7.11 Å². The summed E-state index contributed by atoms with van der Waals surface area (Å²) in [5, 5.41) is 4.95. The lowest BCUT2D eigenvalue weighted by Crippen LogP contribution is -2.51. The van der Waals surface area contributed by atoms with Gasteiger partial charge in [-0.15, -0.1) is 11.3 Å². The van der Waals surface area contributed by atoms with E-state index < -0.39 is 6.04 Å². The largest absolute Gasteiger partial charge is 0.497 e. The molecule has 1 atom stereocenters. The first-order valence-electron chi connectivity index (χ1n) is 10.2. The fourth-order valence-corrected chi connectivity index (χ4v) is 4.48. The molecule has 2 heterocycles. The number of carbonyl (C=O) groups excluding carboxylic acids is 2. The zero-order valence-electron chi connectivity index (χ0n) is 17.4. The van der Waals surface area contributed by atoms with Crippen LogP contribution >= 0.6 is 11.3 Å². The van der Waals surface area contributed by atoms with Gasteiger partial charge in [0.05, 0.1) is 12.0 Å². The Morgan fingerprint density at radius 3 is 2.26 bits per heavy atom. The molecule has 1 aliphatic rings. The molecule has 31 heavy (non-hydrogen) atoms. The zero-order valence-corrected chi connectivity index (χ0v) is 18.2. The standard InChI is InChI=1S/C24H25N3O3S/c1-30-20-11-9-19(10-12-20)25-23(28)22(18-6-3-2-4-7-18)26-13-15-27(16-14-26)24(29)21-8-5-17-31-21/h2-12,17,22H,13-16H2,1H3,(H,25,28)/t22-/m1/s1. The summed E-state index contributed by atoms with van der Waals surface area (Å²) in [6.07, 6.45) is 0. The number of piperazine rings is 1. The summed E-state index contributed by atoms with van der Waals surface area (Å²) in [7, 11) is 1.61. The van der Waals surface area contributed by atoms with Gasteiger partial charge in [0.15, 0.2) is 0 Å². The monoisotopic (exact) mass is 435 g/mol. The number of methoxy groups -OCH3 is 1. The van der Waals surface area contributed by atoms with Crippen LogP contribution in [0, 0.1) is 0 Å². The van der Waals surface area contributed by atoms with Gasteiger partial charge in [-0.1, -0.05) is 36.4 Å². The number of benzene rings is 2. The summed E-state index contributed by atoms with van der Waals surface area (Å²) in [5.74, 6) is 0.715. The zero-order chi connectivity index (χ0) is 21.6. The Morgan fingerprint density at radius 2 is 1.65 bits per heavy atom. The number of ether oxygens (including phenoxy) is 1. The van der Waals surface area contributed by atoms with Crippen LogP contribution in [-0.4, -0.2) is 54.9 Å². The van der Waals surface area contributed by atoms with Crippen LogP contribution in [0.5, 0.6) is 5.75 Å². The van der Waals surface area contributed by atoms with Crippen molar-refractivity contribution in [2.24, 2.45) is 0 Å². The second-order valence-electron chi connectivity index (χ2n) is 7.34. The normalized spacial score (nSPS) is 15.3. The molecule has 2 aromatic carbocycles. The van der Waals surface area contributed by atoms with E-state index in [0.717, 1.165) is 21.9 Å². The highest BCUT2D eigenvalue weighted by Crippen LogP contribution is 2.25. The topological polar surface area (TPSA) is 61.9 Å². The first-order valence-corrected chi connectivity index (χ1v) is 11.1. The number of thiophene rings is 1. The molecule has 0 spiro atoms. The molecule has 1 aliphatic heterocycles. The molecule has 7 heteroatoms. The molecule has 1 fully saturated rings. The predicted molar refractivity (Wildman–Crippen MR) is 123 cm³/mol. The van der Waals surface area contributed by atoms with Gasteiger partial charge in [0.25, 0.3) is 5.91 Å². The van der Waals surface area contributed by atoms with Gasteiger partial charge in [-0.05, 0) is 41.3 Å². The lowest BCUT2D eigenvalue weighted by Gasteiger charge is -2.38. The highest BCUT2D eigenvalue weighted by molar-refractivity contribution is 7.12. The molecule has 1 saturated heterocycles. The number of carbonyl (C=O) groups is 2. The van der Waals surface area contributed by atoms with Gasteiger partial charge in [0.2, 0.25) is 5.91 Å². The molecule has 1 N–H and O–H groups in total. The van der Waals surface area contributed by atoms with E-state index in [0.29, 0.717) is 26.2 Å². The molecule has 6 nitrogen and oxygen atoms in total. The van der Waals surface area contributed by atoms with Crippen molar-refractivity contribution in [1.29, 1.82) is 0 Å². The number of amides is 2. The van der Waals surface area contributed by atoms with Crippen molar-refractivity contribution in [3.63, 3.8) is 0 Å². The molecular weight excluding hydrogens is 410 g/mol. The van der Waals surface area contributed by atoms with Crippen molar-refractivity contribution in [3.05, 3.63) is 82.6 Å². The van der Waals surface area contributed by atoms with Crippen molar-refractivity contribution in [2.75, 3.05) is 38.6 Å².